The number of carboxylic acid groups (broad SMARTS) is 1. The highest BCUT2D eigenvalue weighted by Crippen LogP contribution is 1.99. The van der Waals surface area contributed by atoms with Gasteiger partial charge in [-0.25, -0.2) is 0 Å². The monoisotopic (exact) mass is 287 g/mol. The quantitative estimate of drug-likeness (QED) is 0.519. The summed E-state index contributed by atoms with van der Waals surface area (Å²) in [5, 5.41) is 13.4. The molecule has 3 amide bonds. The van der Waals surface area contributed by atoms with Crippen molar-refractivity contribution in [3.8, 4) is 0 Å². The van der Waals surface area contributed by atoms with Gasteiger partial charge in [-0.3, -0.25) is 19.2 Å². The Labute approximate surface area is 117 Å². The molecular weight excluding hydrogens is 266 g/mol. The van der Waals surface area contributed by atoms with Crippen molar-refractivity contribution < 1.29 is 24.3 Å². The van der Waals surface area contributed by atoms with E-state index in [0.717, 1.165) is 0 Å². The van der Waals surface area contributed by atoms with E-state index in [9.17, 15) is 19.2 Å². The molecule has 0 aliphatic heterocycles. The third kappa shape index (κ3) is 8.90. The standard InChI is InChI=1S/C12H21N3O5/c1-8(2)6-15(7-12(19)20)11(18)5-14-10(17)4-13-9(3)16/h8H,4-7H2,1-3H3,(H,13,16)(H,14,17)(H,19,20). The van der Waals surface area contributed by atoms with Crippen LogP contribution in [0.4, 0.5) is 0 Å². The van der Waals surface area contributed by atoms with Crippen LogP contribution < -0.4 is 10.6 Å². The zero-order valence-corrected chi connectivity index (χ0v) is 11.9. The van der Waals surface area contributed by atoms with Crippen LogP contribution in [0.1, 0.15) is 20.8 Å². The maximum absolute atomic E-state index is 11.8. The van der Waals surface area contributed by atoms with Crippen molar-refractivity contribution in [1.29, 1.82) is 0 Å². The Morgan fingerprint density at radius 3 is 2.15 bits per heavy atom. The largest absolute Gasteiger partial charge is 0.480 e. The Kier molecular flexibility index (Phi) is 7.95. The van der Waals surface area contributed by atoms with Crippen molar-refractivity contribution in [2.75, 3.05) is 26.2 Å². The highest BCUT2D eigenvalue weighted by atomic mass is 16.4. The van der Waals surface area contributed by atoms with Gasteiger partial charge in [-0.15, -0.1) is 0 Å². The summed E-state index contributed by atoms with van der Waals surface area (Å²) in [7, 11) is 0. The molecule has 0 aromatic rings. The van der Waals surface area contributed by atoms with E-state index >= 15 is 0 Å². The van der Waals surface area contributed by atoms with Crippen LogP contribution >= 0.6 is 0 Å². The lowest BCUT2D eigenvalue weighted by Gasteiger charge is -2.22. The smallest absolute Gasteiger partial charge is 0.323 e. The predicted octanol–water partition coefficient (Wildman–Crippen LogP) is -1.19. The van der Waals surface area contributed by atoms with Crippen LogP contribution in [0.3, 0.4) is 0 Å². The third-order valence-electron chi connectivity index (χ3n) is 2.20. The number of nitrogens with zero attached hydrogens (tertiary/aromatic N) is 1. The fourth-order valence-electron chi connectivity index (χ4n) is 1.41. The lowest BCUT2D eigenvalue weighted by Crippen LogP contribution is -2.45. The number of nitrogens with one attached hydrogen (secondary N) is 2. The second-order valence-corrected chi connectivity index (χ2v) is 4.75. The highest BCUT2D eigenvalue weighted by Gasteiger charge is 2.18. The van der Waals surface area contributed by atoms with Gasteiger partial charge in [0.25, 0.3) is 0 Å². The summed E-state index contributed by atoms with van der Waals surface area (Å²) >= 11 is 0. The zero-order chi connectivity index (χ0) is 15.7. The number of hydrogen-bond acceptors (Lipinski definition) is 4. The summed E-state index contributed by atoms with van der Waals surface area (Å²) in [6, 6.07) is 0. The van der Waals surface area contributed by atoms with Crippen LogP contribution in [0.5, 0.6) is 0 Å². The van der Waals surface area contributed by atoms with E-state index in [-0.39, 0.29) is 24.9 Å². The van der Waals surface area contributed by atoms with Crippen molar-refractivity contribution in [2.45, 2.75) is 20.8 Å². The Morgan fingerprint density at radius 1 is 1.10 bits per heavy atom. The summed E-state index contributed by atoms with van der Waals surface area (Å²) < 4.78 is 0. The Bertz CT molecular complexity index is 381. The molecule has 114 valence electrons. The molecule has 0 aromatic heterocycles. The van der Waals surface area contributed by atoms with Crippen LogP contribution in [0.2, 0.25) is 0 Å². The molecule has 0 fully saturated rings. The van der Waals surface area contributed by atoms with E-state index in [0.29, 0.717) is 6.54 Å². The van der Waals surface area contributed by atoms with Gasteiger partial charge in [0.1, 0.15) is 6.54 Å². The lowest BCUT2D eigenvalue weighted by molar-refractivity contribution is -0.144. The van der Waals surface area contributed by atoms with Gasteiger partial charge < -0.3 is 20.6 Å². The molecule has 0 aliphatic rings. The number of hydrogen-bond donors (Lipinski definition) is 3. The first-order chi connectivity index (χ1) is 9.22. The number of carbonyl (C=O) groups excluding carboxylic acids is 3. The molecule has 0 saturated heterocycles. The number of aliphatic carboxylic acids is 1. The van der Waals surface area contributed by atoms with Gasteiger partial charge in [-0.2, -0.15) is 0 Å². The van der Waals surface area contributed by atoms with Crippen molar-refractivity contribution in [2.24, 2.45) is 5.92 Å². The number of carbonyl (C=O) groups is 4. The number of amides is 3. The average Bonchev–Trinajstić information content (AvgIpc) is 2.31. The summed E-state index contributed by atoms with van der Waals surface area (Å²) in [6.07, 6.45) is 0. The molecule has 0 heterocycles. The minimum Gasteiger partial charge on any atom is -0.480 e. The fraction of sp³-hybridized carbons (Fsp3) is 0.667. The van der Waals surface area contributed by atoms with Gasteiger partial charge in [0.2, 0.25) is 17.7 Å². The minimum absolute atomic E-state index is 0.119. The molecule has 0 rings (SSSR count). The Balaban J connectivity index is 4.27. The molecule has 0 atom stereocenters. The molecule has 0 radical (unpaired) electrons. The molecule has 0 spiro atoms. The van der Waals surface area contributed by atoms with Crippen molar-refractivity contribution in [3.63, 3.8) is 0 Å². The topological polar surface area (TPSA) is 116 Å². The highest BCUT2D eigenvalue weighted by molar-refractivity contribution is 5.88. The molecule has 0 saturated carbocycles. The summed E-state index contributed by atoms with van der Waals surface area (Å²) in [6.45, 7) is 4.38. The van der Waals surface area contributed by atoms with Gasteiger partial charge in [0.15, 0.2) is 0 Å². The maximum atomic E-state index is 11.8. The normalized spacial score (nSPS) is 10.0. The molecular formula is C12H21N3O5. The van der Waals surface area contributed by atoms with Crippen LogP contribution in [0.25, 0.3) is 0 Å². The van der Waals surface area contributed by atoms with E-state index < -0.39 is 24.3 Å². The van der Waals surface area contributed by atoms with Crippen molar-refractivity contribution in [1.82, 2.24) is 15.5 Å². The van der Waals surface area contributed by atoms with Crippen LogP contribution in [-0.4, -0.2) is 59.9 Å². The second kappa shape index (κ2) is 8.89. The first kappa shape index (κ1) is 17.9. The number of rotatable bonds is 8. The average molecular weight is 287 g/mol. The van der Waals surface area contributed by atoms with Gasteiger partial charge in [-0.05, 0) is 5.92 Å². The van der Waals surface area contributed by atoms with Gasteiger partial charge >= 0.3 is 5.97 Å². The molecule has 0 aliphatic carbocycles. The molecule has 0 aromatic carbocycles. The molecule has 0 unspecified atom stereocenters. The summed E-state index contributed by atoms with van der Waals surface area (Å²) in [4.78, 5) is 45.6. The Hall–Kier alpha value is -2.12. The van der Waals surface area contributed by atoms with E-state index in [1.807, 2.05) is 13.8 Å². The molecule has 0 bridgehead atoms. The first-order valence-corrected chi connectivity index (χ1v) is 6.23. The Morgan fingerprint density at radius 2 is 1.70 bits per heavy atom. The van der Waals surface area contributed by atoms with Gasteiger partial charge in [-0.1, -0.05) is 13.8 Å². The second-order valence-electron chi connectivity index (χ2n) is 4.75. The SMILES string of the molecule is CC(=O)NCC(=O)NCC(=O)N(CC(=O)O)CC(C)C. The molecule has 8 nitrogen and oxygen atoms in total. The lowest BCUT2D eigenvalue weighted by atomic mass is 10.2. The maximum Gasteiger partial charge on any atom is 0.323 e. The van der Waals surface area contributed by atoms with E-state index in [4.69, 9.17) is 5.11 Å². The van der Waals surface area contributed by atoms with E-state index in [2.05, 4.69) is 10.6 Å². The molecule has 3 N–H and O–H groups in total. The number of carboxylic acids is 1. The van der Waals surface area contributed by atoms with Crippen molar-refractivity contribution >= 4 is 23.7 Å². The van der Waals surface area contributed by atoms with Gasteiger partial charge in [0, 0.05) is 13.5 Å². The summed E-state index contributed by atoms with van der Waals surface area (Å²) in [5.41, 5.74) is 0. The van der Waals surface area contributed by atoms with Crippen molar-refractivity contribution in [3.05, 3.63) is 0 Å². The first-order valence-electron chi connectivity index (χ1n) is 6.23. The molecule has 20 heavy (non-hydrogen) atoms. The van der Waals surface area contributed by atoms with Crippen LogP contribution in [-0.2, 0) is 19.2 Å². The van der Waals surface area contributed by atoms with Crippen LogP contribution in [0, 0.1) is 5.92 Å². The summed E-state index contributed by atoms with van der Waals surface area (Å²) in [5.74, 6) is -2.32. The van der Waals surface area contributed by atoms with Gasteiger partial charge in [0.05, 0.1) is 13.1 Å². The molecule has 8 heteroatoms. The van der Waals surface area contributed by atoms with E-state index in [1.165, 1.54) is 11.8 Å². The zero-order valence-electron chi connectivity index (χ0n) is 11.9. The third-order valence-corrected chi connectivity index (χ3v) is 2.20. The van der Waals surface area contributed by atoms with E-state index in [1.54, 1.807) is 0 Å². The fourth-order valence-corrected chi connectivity index (χ4v) is 1.41. The van der Waals surface area contributed by atoms with Crippen LogP contribution in [0.15, 0.2) is 0 Å². The predicted molar refractivity (Wildman–Crippen MR) is 70.7 cm³/mol. The minimum atomic E-state index is -1.11.